The predicted octanol–water partition coefficient (Wildman–Crippen LogP) is 2.47. The average molecular weight is 388 g/mol. The Kier molecular flexibility index (Phi) is 4.56. The molecule has 2 aromatic heterocycles. The van der Waals surface area contributed by atoms with Gasteiger partial charge < -0.3 is 9.26 Å². The van der Waals surface area contributed by atoms with Crippen LogP contribution in [0, 0.1) is 13.8 Å². The summed E-state index contributed by atoms with van der Waals surface area (Å²) in [6.45, 7) is 3.99. The number of ether oxygens (including phenoxy) is 1. The van der Waals surface area contributed by atoms with Crippen molar-refractivity contribution in [2.45, 2.75) is 37.7 Å². The van der Waals surface area contributed by atoms with Gasteiger partial charge in [0.25, 0.3) is 0 Å². The van der Waals surface area contributed by atoms with E-state index in [0.29, 0.717) is 43.3 Å². The maximum atomic E-state index is 12.9. The monoisotopic (exact) mass is 388 g/mol. The summed E-state index contributed by atoms with van der Waals surface area (Å²) in [5, 5.41) is 3.75. The van der Waals surface area contributed by atoms with Crippen LogP contribution in [0.3, 0.4) is 0 Å². The van der Waals surface area contributed by atoms with E-state index in [-0.39, 0.29) is 11.0 Å². The molecule has 0 atom stereocenters. The minimum atomic E-state index is -3.61. The van der Waals surface area contributed by atoms with E-state index in [1.165, 1.54) is 4.31 Å². The molecule has 9 heteroatoms. The molecule has 1 aliphatic heterocycles. The Morgan fingerprint density at radius 3 is 2.52 bits per heavy atom. The van der Waals surface area contributed by atoms with Crippen molar-refractivity contribution in [1.82, 2.24) is 19.4 Å². The molecule has 0 saturated carbocycles. The van der Waals surface area contributed by atoms with Crippen LogP contribution in [-0.4, -0.2) is 47.0 Å². The molecule has 0 unspecified atom stereocenters. The number of aryl methyl sites for hydroxylation is 2. The number of benzene rings is 1. The Bertz CT molecular complexity index is 1050. The minimum absolute atomic E-state index is 0.100. The van der Waals surface area contributed by atoms with Crippen molar-refractivity contribution in [3.63, 3.8) is 0 Å². The zero-order valence-electron chi connectivity index (χ0n) is 15.1. The lowest BCUT2D eigenvalue weighted by Gasteiger charge is -2.31. The number of fused-ring (bicyclic) bond motifs is 1. The van der Waals surface area contributed by atoms with Crippen molar-refractivity contribution in [3.05, 3.63) is 41.9 Å². The highest BCUT2D eigenvalue weighted by atomic mass is 32.2. The van der Waals surface area contributed by atoms with Crippen molar-refractivity contribution in [3.8, 4) is 5.88 Å². The van der Waals surface area contributed by atoms with E-state index in [1.807, 2.05) is 24.3 Å². The van der Waals surface area contributed by atoms with Crippen LogP contribution < -0.4 is 4.74 Å². The molecule has 1 saturated heterocycles. The lowest BCUT2D eigenvalue weighted by molar-refractivity contribution is 0.130. The third-order valence-electron chi connectivity index (χ3n) is 4.68. The van der Waals surface area contributed by atoms with Gasteiger partial charge in [-0.1, -0.05) is 17.3 Å². The second-order valence-corrected chi connectivity index (χ2v) is 8.45. The quantitative estimate of drug-likeness (QED) is 0.677. The molecular weight excluding hydrogens is 368 g/mol. The van der Waals surface area contributed by atoms with Crippen LogP contribution >= 0.6 is 0 Å². The average Bonchev–Trinajstić information content (AvgIpc) is 3.01. The molecule has 0 bridgehead atoms. The van der Waals surface area contributed by atoms with Gasteiger partial charge in [0.2, 0.25) is 15.9 Å². The molecule has 1 aliphatic rings. The topological polar surface area (TPSA) is 98.4 Å². The fourth-order valence-electron chi connectivity index (χ4n) is 3.33. The van der Waals surface area contributed by atoms with Crippen molar-refractivity contribution < 1.29 is 17.7 Å². The molecule has 142 valence electrons. The highest BCUT2D eigenvalue weighted by Crippen LogP contribution is 2.27. The fraction of sp³-hybridized carbons (Fsp3) is 0.389. The van der Waals surface area contributed by atoms with Gasteiger partial charge in [0.1, 0.15) is 16.7 Å². The summed E-state index contributed by atoms with van der Waals surface area (Å²) in [5.41, 5.74) is 1.97. The van der Waals surface area contributed by atoms with Crippen LogP contribution in [0.5, 0.6) is 5.88 Å². The molecular formula is C18H20N4O4S. The van der Waals surface area contributed by atoms with Crippen LogP contribution in [0.1, 0.15) is 24.3 Å². The summed E-state index contributed by atoms with van der Waals surface area (Å²) in [5.74, 6) is 0.776. The number of piperidine rings is 1. The summed E-state index contributed by atoms with van der Waals surface area (Å²) in [6, 6.07) is 7.59. The normalized spacial score (nSPS) is 16.7. The number of aromatic nitrogens is 3. The van der Waals surface area contributed by atoms with E-state index >= 15 is 0 Å². The van der Waals surface area contributed by atoms with Crippen molar-refractivity contribution in [2.75, 3.05) is 13.1 Å². The highest BCUT2D eigenvalue weighted by molar-refractivity contribution is 7.89. The Morgan fingerprint density at radius 1 is 1.15 bits per heavy atom. The first kappa shape index (κ1) is 17.9. The summed E-state index contributed by atoms with van der Waals surface area (Å²) in [7, 11) is -3.61. The van der Waals surface area contributed by atoms with Gasteiger partial charge in [-0.25, -0.2) is 18.4 Å². The number of rotatable bonds is 4. The first-order chi connectivity index (χ1) is 12.9. The third-order valence-corrected chi connectivity index (χ3v) is 6.82. The summed E-state index contributed by atoms with van der Waals surface area (Å²) < 4.78 is 38.1. The van der Waals surface area contributed by atoms with Crippen molar-refractivity contribution in [1.29, 1.82) is 0 Å². The molecule has 4 rings (SSSR count). The number of hydrogen-bond acceptors (Lipinski definition) is 7. The van der Waals surface area contributed by atoms with Crippen LogP contribution in [-0.2, 0) is 10.0 Å². The van der Waals surface area contributed by atoms with Crippen LogP contribution in [0.15, 0.2) is 39.9 Å². The first-order valence-electron chi connectivity index (χ1n) is 8.76. The van der Waals surface area contributed by atoms with E-state index in [9.17, 15) is 8.42 Å². The van der Waals surface area contributed by atoms with Gasteiger partial charge in [-0.05, 0) is 38.8 Å². The van der Waals surface area contributed by atoms with Gasteiger partial charge >= 0.3 is 0 Å². The number of hydrogen-bond donors (Lipinski definition) is 0. The molecule has 0 amide bonds. The Balaban J connectivity index is 1.44. The lowest BCUT2D eigenvalue weighted by atomic mass is 10.1. The van der Waals surface area contributed by atoms with Gasteiger partial charge in [0.15, 0.2) is 5.76 Å². The molecule has 3 aromatic rings. The lowest BCUT2D eigenvalue weighted by Crippen LogP contribution is -2.42. The second-order valence-electron chi connectivity index (χ2n) is 6.57. The van der Waals surface area contributed by atoms with Crippen molar-refractivity contribution in [2.24, 2.45) is 0 Å². The Labute approximate surface area is 157 Å². The van der Waals surface area contributed by atoms with Gasteiger partial charge in [-0.3, -0.25) is 0 Å². The zero-order chi connectivity index (χ0) is 19.0. The summed E-state index contributed by atoms with van der Waals surface area (Å²) in [6.07, 6.45) is 2.67. The van der Waals surface area contributed by atoms with Gasteiger partial charge in [-0.15, -0.1) is 0 Å². The SMILES string of the molecule is Cc1noc(C)c1S(=O)(=O)N1CCC(Oc2cnc3ccccc3n2)CC1. The molecule has 0 spiro atoms. The molecule has 0 aliphatic carbocycles. The fourth-order valence-corrected chi connectivity index (χ4v) is 5.09. The molecule has 8 nitrogen and oxygen atoms in total. The maximum absolute atomic E-state index is 12.9. The van der Waals surface area contributed by atoms with Crippen LogP contribution in [0.2, 0.25) is 0 Å². The number of nitrogens with zero attached hydrogens (tertiary/aromatic N) is 4. The van der Waals surface area contributed by atoms with Crippen LogP contribution in [0.4, 0.5) is 0 Å². The zero-order valence-corrected chi connectivity index (χ0v) is 15.9. The summed E-state index contributed by atoms with van der Waals surface area (Å²) in [4.78, 5) is 8.98. The smallest absolute Gasteiger partial charge is 0.248 e. The standard InChI is InChI=1S/C18H20N4O4S/c1-12-18(13(2)26-21-12)27(23,24)22-9-7-14(8-10-22)25-17-11-19-15-5-3-4-6-16(15)20-17/h3-6,11,14H,7-10H2,1-2H3. The molecule has 3 heterocycles. The van der Waals surface area contributed by atoms with Crippen LogP contribution in [0.25, 0.3) is 11.0 Å². The van der Waals surface area contributed by atoms with Gasteiger partial charge in [0.05, 0.1) is 17.2 Å². The first-order valence-corrected chi connectivity index (χ1v) is 10.2. The van der Waals surface area contributed by atoms with E-state index in [4.69, 9.17) is 9.26 Å². The molecule has 1 fully saturated rings. The number of para-hydroxylation sites is 2. The maximum Gasteiger partial charge on any atom is 0.248 e. The minimum Gasteiger partial charge on any atom is -0.473 e. The van der Waals surface area contributed by atoms with Gasteiger partial charge in [0, 0.05) is 13.1 Å². The predicted molar refractivity (Wildman–Crippen MR) is 97.9 cm³/mol. The van der Waals surface area contributed by atoms with Gasteiger partial charge in [-0.2, -0.15) is 4.31 Å². The summed E-state index contributed by atoms with van der Waals surface area (Å²) >= 11 is 0. The van der Waals surface area contributed by atoms with E-state index < -0.39 is 10.0 Å². The highest BCUT2D eigenvalue weighted by Gasteiger charge is 2.34. The van der Waals surface area contributed by atoms with E-state index in [0.717, 1.165) is 11.0 Å². The number of sulfonamides is 1. The molecule has 1 aromatic carbocycles. The Morgan fingerprint density at radius 2 is 1.85 bits per heavy atom. The second kappa shape index (κ2) is 6.90. The van der Waals surface area contributed by atoms with E-state index in [2.05, 4.69) is 15.1 Å². The molecule has 27 heavy (non-hydrogen) atoms. The molecule has 0 N–H and O–H groups in total. The largest absolute Gasteiger partial charge is 0.473 e. The Hall–Kier alpha value is -2.52. The third kappa shape index (κ3) is 3.40. The van der Waals surface area contributed by atoms with Crippen molar-refractivity contribution >= 4 is 21.1 Å². The molecule has 0 radical (unpaired) electrons. The van der Waals surface area contributed by atoms with E-state index in [1.54, 1.807) is 20.0 Å².